The standard InChI is InChI=1S/C16H14F3NOS/c1-2-20(11-7-8-12(17)14(19)9-11)16(21)10-22-15-6-4-3-5-13(15)18/h3-9H,2,10H2,1H3. The van der Waals surface area contributed by atoms with Crippen molar-refractivity contribution in [1.29, 1.82) is 0 Å². The summed E-state index contributed by atoms with van der Waals surface area (Å²) in [7, 11) is 0. The van der Waals surface area contributed by atoms with Crippen molar-refractivity contribution in [2.24, 2.45) is 0 Å². The molecule has 0 saturated heterocycles. The first kappa shape index (κ1) is 16.4. The summed E-state index contributed by atoms with van der Waals surface area (Å²) >= 11 is 1.07. The molecule has 0 spiro atoms. The molecule has 22 heavy (non-hydrogen) atoms. The van der Waals surface area contributed by atoms with E-state index in [-0.39, 0.29) is 17.3 Å². The number of halogens is 3. The zero-order chi connectivity index (χ0) is 16.1. The maximum atomic E-state index is 13.5. The normalized spacial score (nSPS) is 10.5. The Hall–Kier alpha value is -1.95. The molecule has 0 fully saturated rings. The van der Waals surface area contributed by atoms with Gasteiger partial charge < -0.3 is 4.90 Å². The number of rotatable bonds is 5. The molecular weight excluding hydrogens is 311 g/mol. The molecule has 1 amide bonds. The second-order valence-corrected chi connectivity index (χ2v) is 5.47. The lowest BCUT2D eigenvalue weighted by Crippen LogP contribution is -2.32. The summed E-state index contributed by atoms with van der Waals surface area (Å²) < 4.78 is 39.7. The highest BCUT2D eigenvalue weighted by atomic mass is 32.2. The first-order chi connectivity index (χ1) is 10.5. The SMILES string of the molecule is CCN(C(=O)CSc1ccccc1F)c1ccc(F)c(F)c1. The van der Waals surface area contributed by atoms with Crippen LogP contribution in [0.2, 0.25) is 0 Å². The van der Waals surface area contributed by atoms with Crippen molar-refractivity contribution in [3.05, 3.63) is 59.9 Å². The van der Waals surface area contributed by atoms with Gasteiger partial charge in [-0.1, -0.05) is 12.1 Å². The van der Waals surface area contributed by atoms with Gasteiger partial charge in [-0.3, -0.25) is 4.79 Å². The van der Waals surface area contributed by atoms with Gasteiger partial charge >= 0.3 is 0 Å². The third-order valence-corrected chi connectivity index (χ3v) is 4.05. The summed E-state index contributed by atoms with van der Waals surface area (Å²) in [6.07, 6.45) is 0. The maximum absolute atomic E-state index is 13.5. The highest BCUT2D eigenvalue weighted by Gasteiger charge is 2.16. The zero-order valence-electron chi connectivity index (χ0n) is 11.9. The molecule has 0 aliphatic heterocycles. The van der Waals surface area contributed by atoms with Crippen LogP contribution in [-0.2, 0) is 4.79 Å². The molecule has 2 aromatic carbocycles. The van der Waals surface area contributed by atoms with E-state index in [1.807, 2.05) is 0 Å². The largest absolute Gasteiger partial charge is 0.312 e. The fourth-order valence-electron chi connectivity index (χ4n) is 1.94. The van der Waals surface area contributed by atoms with Gasteiger partial charge in [0.15, 0.2) is 11.6 Å². The number of benzene rings is 2. The van der Waals surface area contributed by atoms with Crippen LogP contribution < -0.4 is 4.90 Å². The third-order valence-electron chi connectivity index (χ3n) is 3.02. The smallest absolute Gasteiger partial charge is 0.237 e. The van der Waals surface area contributed by atoms with Crippen molar-refractivity contribution >= 4 is 23.4 Å². The number of hydrogen-bond acceptors (Lipinski definition) is 2. The van der Waals surface area contributed by atoms with Crippen molar-refractivity contribution in [2.75, 3.05) is 17.2 Å². The Morgan fingerprint density at radius 2 is 1.77 bits per heavy atom. The highest BCUT2D eigenvalue weighted by molar-refractivity contribution is 8.00. The first-order valence-electron chi connectivity index (χ1n) is 6.65. The van der Waals surface area contributed by atoms with E-state index < -0.39 is 17.5 Å². The Labute approximate surface area is 130 Å². The fraction of sp³-hybridized carbons (Fsp3) is 0.188. The van der Waals surface area contributed by atoms with E-state index in [1.165, 1.54) is 17.0 Å². The van der Waals surface area contributed by atoms with Gasteiger partial charge in [-0.25, -0.2) is 13.2 Å². The van der Waals surface area contributed by atoms with Crippen molar-refractivity contribution in [2.45, 2.75) is 11.8 Å². The quantitative estimate of drug-likeness (QED) is 0.766. The number of thioether (sulfide) groups is 1. The van der Waals surface area contributed by atoms with Crippen molar-refractivity contribution in [3.63, 3.8) is 0 Å². The van der Waals surface area contributed by atoms with Crippen LogP contribution in [0, 0.1) is 17.5 Å². The van der Waals surface area contributed by atoms with E-state index in [2.05, 4.69) is 0 Å². The average Bonchev–Trinajstić information content (AvgIpc) is 2.50. The predicted octanol–water partition coefficient (Wildman–Crippen LogP) is 4.25. The van der Waals surface area contributed by atoms with Gasteiger partial charge in [-0.2, -0.15) is 0 Å². The van der Waals surface area contributed by atoms with Gasteiger partial charge in [0.25, 0.3) is 0 Å². The van der Waals surface area contributed by atoms with Crippen molar-refractivity contribution < 1.29 is 18.0 Å². The minimum atomic E-state index is -1.01. The van der Waals surface area contributed by atoms with Crippen LogP contribution in [0.15, 0.2) is 47.4 Å². The van der Waals surface area contributed by atoms with Crippen LogP contribution >= 0.6 is 11.8 Å². The van der Waals surface area contributed by atoms with Gasteiger partial charge in [0.1, 0.15) is 5.82 Å². The lowest BCUT2D eigenvalue weighted by Gasteiger charge is -2.21. The van der Waals surface area contributed by atoms with Gasteiger partial charge in [0.2, 0.25) is 5.91 Å². The van der Waals surface area contributed by atoms with Crippen LogP contribution in [0.5, 0.6) is 0 Å². The Kier molecular flexibility index (Phi) is 5.49. The number of carbonyl (C=O) groups excluding carboxylic acids is 1. The molecule has 2 aromatic rings. The molecule has 0 heterocycles. The molecule has 2 rings (SSSR count). The number of nitrogens with zero attached hydrogens (tertiary/aromatic N) is 1. The third kappa shape index (κ3) is 3.82. The van der Waals surface area contributed by atoms with Gasteiger partial charge in [-0.15, -0.1) is 11.8 Å². The molecule has 2 nitrogen and oxygen atoms in total. The summed E-state index contributed by atoms with van der Waals surface area (Å²) in [5, 5.41) is 0. The predicted molar refractivity (Wildman–Crippen MR) is 81.5 cm³/mol. The Morgan fingerprint density at radius 1 is 1.05 bits per heavy atom. The fourth-order valence-corrected chi connectivity index (χ4v) is 2.75. The average molecular weight is 325 g/mol. The van der Waals surface area contributed by atoms with Crippen molar-refractivity contribution in [3.8, 4) is 0 Å². The molecule has 0 aliphatic rings. The lowest BCUT2D eigenvalue weighted by molar-refractivity contribution is -0.116. The van der Waals surface area contributed by atoms with E-state index in [0.717, 1.165) is 23.9 Å². The number of carbonyl (C=O) groups is 1. The monoisotopic (exact) mass is 325 g/mol. The first-order valence-corrected chi connectivity index (χ1v) is 7.64. The van der Waals surface area contributed by atoms with E-state index in [0.29, 0.717) is 11.4 Å². The molecular formula is C16H14F3NOS. The summed E-state index contributed by atoms with van der Waals surface area (Å²) in [5.41, 5.74) is 0.278. The van der Waals surface area contributed by atoms with E-state index >= 15 is 0 Å². The molecule has 0 unspecified atom stereocenters. The number of amides is 1. The molecule has 6 heteroatoms. The zero-order valence-corrected chi connectivity index (χ0v) is 12.7. The second-order valence-electron chi connectivity index (χ2n) is 4.46. The molecule has 116 valence electrons. The summed E-state index contributed by atoms with van der Waals surface area (Å²) in [4.78, 5) is 13.9. The van der Waals surface area contributed by atoms with Gasteiger partial charge in [0.05, 0.1) is 5.75 Å². The van der Waals surface area contributed by atoms with Crippen LogP contribution in [0.1, 0.15) is 6.92 Å². The molecule has 0 N–H and O–H groups in total. The van der Waals surface area contributed by atoms with E-state index in [1.54, 1.807) is 25.1 Å². The number of anilines is 1. The van der Waals surface area contributed by atoms with Crippen LogP contribution in [0.3, 0.4) is 0 Å². The number of hydrogen-bond donors (Lipinski definition) is 0. The van der Waals surface area contributed by atoms with Crippen LogP contribution in [-0.4, -0.2) is 18.2 Å². The topological polar surface area (TPSA) is 20.3 Å². The lowest BCUT2D eigenvalue weighted by atomic mass is 10.2. The van der Waals surface area contributed by atoms with Gasteiger partial charge in [0, 0.05) is 23.2 Å². The second kappa shape index (κ2) is 7.35. The summed E-state index contributed by atoms with van der Waals surface area (Å²) in [6.45, 7) is 2.04. The molecule has 0 bridgehead atoms. The molecule has 0 radical (unpaired) electrons. The minimum Gasteiger partial charge on any atom is -0.312 e. The Morgan fingerprint density at radius 3 is 2.41 bits per heavy atom. The van der Waals surface area contributed by atoms with Crippen LogP contribution in [0.25, 0.3) is 0 Å². The van der Waals surface area contributed by atoms with Gasteiger partial charge in [-0.05, 0) is 31.2 Å². The summed E-state index contributed by atoms with van der Waals surface area (Å²) in [6, 6.07) is 9.45. The van der Waals surface area contributed by atoms with E-state index in [4.69, 9.17) is 0 Å². The molecule has 0 atom stereocenters. The Bertz CT molecular complexity index is 678. The highest BCUT2D eigenvalue weighted by Crippen LogP contribution is 2.23. The summed E-state index contributed by atoms with van der Waals surface area (Å²) in [5.74, 6) is -2.66. The minimum absolute atomic E-state index is 0.00771. The van der Waals surface area contributed by atoms with Crippen molar-refractivity contribution in [1.82, 2.24) is 0 Å². The molecule has 0 aromatic heterocycles. The van der Waals surface area contributed by atoms with E-state index in [9.17, 15) is 18.0 Å². The molecule has 0 aliphatic carbocycles. The Balaban J connectivity index is 2.09. The van der Waals surface area contributed by atoms with Crippen LogP contribution in [0.4, 0.5) is 18.9 Å². The maximum Gasteiger partial charge on any atom is 0.237 e. The molecule has 0 saturated carbocycles.